The van der Waals surface area contributed by atoms with Crippen LogP contribution in [0.25, 0.3) is 0 Å². The molecule has 1 aromatic carbocycles. The number of benzene rings is 1. The largest absolute Gasteiger partial charge is 0.488 e. The van der Waals surface area contributed by atoms with Gasteiger partial charge in [-0.1, -0.05) is 12.0 Å². The zero-order chi connectivity index (χ0) is 11.9. The second-order valence-electron chi connectivity index (χ2n) is 3.22. The minimum absolute atomic E-state index is 0.262. The fourth-order valence-electron chi connectivity index (χ4n) is 1.25. The van der Waals surface area contributed by atoms with E-state index in [0.29, 0.717) is 12.4 Å². The third-order valence-electron chi connectivity index (χ3n) is 1.99. The SMILES string of the molecule is C#CCOc1cccc(OCc2cncs2)c1. The number of rotatable bonds is 5. The molecule has 0 saturated heterocycles. The van der Waals surface area contributed by atoms with E-state index in [1.165, 1.54) is 0 Å². The summed E-state index contributed by atoms with van der Waals surface area (Å²) in [6, 6.07) is 7.41. The Morgan fingerprint density at radius 2 is 2.12 bits per heavy atom. The molecule has 1 aromatic heterocycles. The first-order valence-electron chi connectivity index (χ1n) is 5.05. The zero-order valence-electron chi connectivity index (χ0n) is 9.13. The van der Waals surface area contributed by atoms with Crippen LogP contribution in [0.5, 0.6) is 11.5 Å². The Bertz CT molecular complexity index is 502. The van der Waals surface area contributed by atoms with E-state index in [1.54, 1.807) is 23.0 Å². The molecule has 0 fully saturated rings. The van der Waals surface area contributed by atoms with Crippen molar-refractivity contribution in [1.82, 2.24) is 4.98 Å². The lowest BCUT2D eigenvalue weighted by Gasteiger charge is -2.06. The number of nitrogens with zero attached hydrogens (tertiary/aromatic N) is 1. The Balaban J connectivity index is 1.94. The molecule has 0 saturated carbocycles. The second-order valence-corrected chi connectivity index (χ2v) is 4.19. The van der Waals surface area contributed by atoms with Gasteiger partial charge in [0.25, 0.3) is 0 Å². The van der Waals surface area contributed by atoms with Gasteiger partial charge in [0, 0.05) is 12.3 Å². The maximum Gasteiger partial charge on any atom is 0.148 e. The molecule has 2 aromatic rings. The first-order chi connectivity index (χ1) is 8.38. The Morgan fingerprint density at radius 1 is 1.29 bits per heavy atom. The van der Waals surface area contributed by atoms with E-state index >= 15 is 0 Å². The van der Waals surface area contributed by atoms with Crippen molar-refractivity contribution in [2.24, 2.45) is 0 Å². The maximum absolute atomic E-state index is 5.61. The molecule has 0 amide bonds. The molecule has 3 nitrogen and oxygen atoms in total. The summed E-state index contributed by atoms with van der Waals surface area (Å²) in [6.07, 6.45) is 6.92. The van der Waals surface area contributed by atoms with Gasteiger partial charge in [-0.2, -0.15) is 0 Å². The van der Waals surface area contributed by atoms with Gasteiger partial charge in [0.2, 0.25) is 0 Å². The van der Waals surface area contributed by atoms with Crippen LogP contribution in [0.15, 0.2) is 36.0 Å². The Kier molecular flexibility index (Phi) is 4.00. The summed E-state index contributed by atoms with van der Waals surface area (Å²) in [5.74, 6) is 3.89. The normalized spacial score (nSPS) is 9.59. The van der Waals surface area contributed by atoms with Gasteiger partial charge < -0.3 is 9.47 Å². The Morgan fingerprint density at radius 3 is 2.82 bits per heavy atom. The van der Waals surface area contributed by atoms with Crippen molar-refractivity contribution >= 4 is 11.3 Å². The number of ether oxygens (including phenoxy) is 2. The fraction of sp³-hybridized carbons (Fsp3) is 0.154. The lowest BCUT2D eigenvalue weighted by atomic mass is 10.3. The zero-order valence-corrected chi connectivity index (χ0v) is 9.94. The fourth-order valence-corrected chi connectivity index (χ4v) is 1.75. The van der Waals surface area contributed by atoms with Crippen molar-refractivity contribution in [2.45, 2.75) is 6.61 Å². The second kappa shape index (κ2) is 5.92. The molecule has 4 heteroatoms. The van der Waals surface area contributed by atoms with Crippen LogP contribution in [-0.4, -0.2) is 11.6 Å². The molecule has 2 rings (SSSR count). The van der Waals surface area contributed by atoms with Crippen molar-refractivity contribution in [3.05, 3.63) is 40.8 Å². The van der Waals surface area contributed by atoms with E-state index < -0.39 is 0 Å². The quantitative estimate of drug-likeness (QED) is 0.759. The highest BCUT2D eigenvalue weighted by atomic mass is 32.1. The molecule has 0 aliphatic heterocycles. The van der Waals surface area contributed by atoms with Crippen LogP contribution in [0.4, 0.5) is 0 Å². The van der Waals surface area contributed by atoms with Crippen LogP contribution in [0.1, 0.15) is 4.88 Å². The van der Waals surface area contributed by atoms with Gasteiger partial charge in [-0.3, -0.25) is 4.98 Å². The van der Waals surface area contributed by atoms with Crippen LogP contribution < -0.4 is 9.47 Å². The summed E-state index contributed by atoms with van der Waals surface area (Å²) < 4.78 is 10.9. The third kappa shape index (κ3) is 3.51. The molecular formula is C13H11NO2S. The molecule has 17 heavy (non-hydrogen) atoms. The Labute approximate surface area is 104 Å². The summed E-state index contributed by atoms with van der Waals surface area (Å²) in [6.45, 7) is 0.779. The van der Waals surface area contributed by atoms with Gasteiger partial charge in [0.15, 0.2) is 0 Å². The van der Waals surface area contributed by atoms with Gasteiger partial charge in [-0.15, -0.1) is 17.8 Å². The van der Waals surface area contributed by atoms with E-state index in [1.807, 2.05) is 24.3 Å². The molecule has 1 heterocycles. The minimum atomic E-state index is 0.262. The van der Waals surface area contributed by atoms with Crippen LogP contribution in [0, 0.1) is 12.3 Å². The van der Waals surface area contributed by atoms with Crippen molar-refractivity contribution < 1.29 is 9.47 Å². The van der Waals surface area contributed by atoms with E-state index in [4.69, 9.17) is 15.9 Å². The number of aromatic nitrogens is 1. The smallest absolute Gasteiger partial charge is 0.148 e. The van der Waals surface area contributed by atoms with Crippen molar-refractivity contribution in [3.63, 3.8) is 0 Å². The van der Waals surface area contributed by atoms with Crippen LogP contribution >= 0.6 is 11.3 Å². The van der Waals surface area contributed by atoms with E-state index in [-0.39, 0.29) is 6.61 Å². The van der Waals surface area contributed by atoms with Gasteiger partial charge in [0.1, 0.15) is 24.7 Å². The van der Waals surface area contributed by atoms with E-state index in [2.05, 4.69) is 10.9 Å². The van der Waals surface area contributed by atoms with Crippen LogP contribution in [-0.2, 0) is 6.61 Å². The predicted molar refractivity (Wildman–Crippen MR) is 67.2 cm³/mol. The van der Waals surface area contributed by atoms with E-state index in [9.17, 15) is 0 Å². The third-order valence-corrected chi connectivity index (χ3v) is 2.75. The molecule has 0 N–H and O–H groups in total. The lowest BCUT2D eigenvalue weighted by Crippen LogP contribution is -1.96. The molecule has 0 atom stereocenters. The standard InChI is InChI=1S/C13H11NO2S/c1-2-6-15-11-4-3-5-12(7-11)16-9-13-8-14-10-17-13/h1,3-5,7-8,10H,6,9H2. The summed E-state index contributed by atoms with van der Waals surface area (Å²) in [4.78, 5) is 5.07. The topological polar surface area (TPSA) is 31.4 Å². The molecule has 0 radical (unpaired) electrons. The molecule has 86 valence electrons. The molecule has 0 unspecified atom stereocenters. The first kappa shape index (κ1) is 11.5. The molecule has 0 aliphatic carbocycles. The highest BCUT2D eigenvalue weighted by Gasteiger charge is 1.99. The van der Waals surface area contributed by atoms with Crippen molar-refractivity contribution in [2.75, 3.05) is 6.61 Å². The maximum atomic E-state index is 5.61. The molecule has 0 bridgehead atoms. The minimum Gasteiger partial charge on any atom is -0.488 e. The van der Waals surface area contributed by atoms with Crippen molar-refractivity contribution in [1.29, 1.82) is 0 Å². The number of hydrogen-bond donors (Lipinski definition) is 0. The highest BCUT2D eigenvalue weighted by molar-refractivity contribution is 7.09. The lowest BCUT2D eigenvalue weighted by molar-refractivity contribution is 0.305. The Hall–Kier alpha value is -1.99. The molecular weight excluding hydrogens is 234 g/mol. The van der Waals surface area contributed by atoms with Crippen LogP contribution in [0.2, 0.25) is 0 Å². The predicted octanol–water partition coefficient (Wildman–Crippen LogP) is 2.73. The number of terminal acetylenes is 1. The molecule has 0 spiro atoms. The summed E-state index contributed by atoms with van der Waals surface area (Å²) in [5.41, 5.74) is 1.78. The monoisotopic (exact) mass is 245 g/mol. The first-order valence-corrected chi connectivity index (χ1v) is 5.93. The number of thiazole rings is 1. The van der Waals surface area contributed by atoms with Gasteiger partial charge in [0.05, 0.1) is 10.4 Å². The highest BCUT2D eigenvalue weighted by Crippen LogP contribution is 2.20. The summed E-state index contributed by atoms with van der Waals surface area (Å²) >= 11 is 1.57. The summed E-state index contributed by atoms with van der Waals surface area (Å²) in [5, 5.41) is 0. The van der Waals surface area contributed by atoms with Crippen molar-refractivity contribution in [3.8, 4) is 23.8 Å². The molecule has 0 aliphatic rings. The average Bonchev–Trinajstić information content (AvgIpc) is 2.87. The van der Waals surface area contributed by atoms with Gasteiger partial charge in [-0.05, 0) is 12.1 Å². The average molecular weight is 245 g/mol. The number of hydrogen-bond acceptors (Lipinski definition) is 4. The van der Waals surface area contributed by atoms with E-state index in [0.717, 1.165) is 10.6 Å². The summed E-state index contributed by atoms with van der Waals surface area (Å²) in [7, 11) is 0. The van der Waals surface area contributed by atoms with Gasteiger partial charge in [-0.25, -0.2) is 0 Å². The van der Waals surface area contributed by atoms with Crippen LogP contribution in [0.3, 0.4) is 0 Å². The van der Waals surface area contributed by atoms with Gasteiger partial charge >= 0.3 is 0 Å².